The lowest BCUT2D eigenvalue weighted by Gasteiger charge is -2.30. The standard InChI is InChI=1S/C21H16ClN3O4S2/c22-16-8-7-14(31(28,29)24-9-3-5-13-4-1-2-6-18(13)24)10-19(16)25-20(26)15-11-30-12-17(15)23-21(25)27/h1-2,4,6-8,10-12H,3,5,9H2,(H,23,27). The van der Waals surface area contributed by atoms with Gasteiger partial charge in [0.15, 0.2) is 0 Å². The van der Waals surface area contributed by atoms with E-state index in [-0.39, 0.29) is 15.6 Å². The second-order valence-electron chi connectivity index (χ2n) is 7.19. The van der Waals surface area contributed by atoms with Gasteiger partial charge in [-0.15, -0.1) is 11.3 Å². The highest BCUT2D eigenvalue weighted by atomic mass is 35.5. The van der Waals surface area contributed by atoms with E-state index in [4.69, 9.17) is 11.6 Å². The molecule has 0 saturated carbocycles. The number of benzene rings is 2. The largest absolute Gasteiger partial charge is 0.333 e. The summed E-state index contributed by atoms with van der Waals surface area (Å²) >= 11 is 7.58. The fraction of sp³-hybridized carbons (Fsp3) is 0.143. The number of aryl methyl sites for hydroxylation is 1. The van der Waals surface area contributed by atoms with Gasteiger partial charge in [0.05, 0.1) is 32.2 Å². The number of nitrogens with one attached hydrogen (secondary N) is 1. The summed E-state index contributed by atoms with van der Waals surface area (Å²) in [5, 5.41) is 3.72. The van der Waals surface area contributed by atoms with Gasteiger partial charge < -0.3 is 4.98 Å². The quantitative estimate of drug-likeness (QED) is 0.492. The van der Waals surface area contributed by atoms with Crippen LogP contribution >= 0.6 is 22.9 Å². The van der Waals surface area contributed by atoms with Crippen molar-refractivity contribution in [3.05, 3.63) is 84.6 Å². The van der Waals surface area contributed by atoms with E-state index in [1.807, 2.05) is 12.1 Å². The first kappa shape index (κ1) is 20.0. The van der Waals surface area contributed by atoms with E-state index in [1.54, 1.807) is 22.9 Å². The third kappa shape index (κ3) is 3.20. The zero-order valence-corrected chi connectivity index (χ0v) is 18.4. The highest BCUT2D eigenvalue weighted by Crippen LogP contribution is 2.33. The summed E-state index contributed by atoms with van der Waals surface area (Å²) in [6, 6.07) is 11.4. The van der Waals surface area contributed by atoms with Crippen molar-refractivity contribution in [2.45, 2.75) is 17.7 Å². The number of sulfonamides is 1. The summed E-state index contributed by atoms with van der Waals surface area (Å²) in [6.07, 6.45) is 1.50. The highest BCUT2D eigenvalue weighted by molar-refractivity contribution is 7.92. The molecule has 10 heteroatoms. The summed E-state index contributed by atoms with van der Waals surface area (Å²) in [7, 11) is -3.93. The van der Waals surface area contributed by atoms with Crippen molar-refractivity contribution in [3.8, 4) is 5.69 Å². The number of hydrogen-bond acceptors (Lipinski definition) is 5. The number of H-pyrrole nitrogens is 1. The molecule has 31 heavy (non-hydrogen) atoms. The van der Waals surface area contributed by atoms with Gasteiger partial charge in [-0.1, -0.05) is 29.8 Å². The van der Waals surface area contributed by atoms with Crippen LogP contribution in [0.1, 0.15) is 12.0 Å². The van der Waals surface area contributed by atoms with Crippen LogP contribution in [0.25, 0.3) is 16.6 Å². The summed E-state index contributed by atoms with van der Waals surface area (Å²) in [5.41, 5.74) is 0.811. The van der Waals surface area contributed by atoms with Gasteiger partial charge in [0.2, 0.25) is 0 Å². The molecule has 0 fully saturated rings. The molecule has 2 aromatic heterocycles. The lowest BCUT2D eigenvalue weighted by molar-refractivity contribution is 0.586. The summed E-state index contributed by atoms with van der Waals surface area (Å²) in [6.45, 7) is 0.346. The second kappa shape index (κ2) is 7.37. The zero-order chi connectivity index (χ0) is 21.8. The van der Waals surface area contributed by atoms with Gasteiger partial charge in [0.1, 0.15) is 0 Å². The third-order valence-corrected chi connectivity index (χ3v) is 8.23. The minimum Gasteiger partial charge on any atom is -0.306 e. The number of hydrogen-bond donors (Lipinski definition) is 1. The summed E-state index contributed by atoms with van der Waals surface area (Å²) in [5.74, 6) is 0. The van der Waals surface area contributed by atoms with Crippen LogP contribution in [-0.2, 0) is 16.4 Å². The molecule has 0 bridgehead atoms. The van der Waals surface area contributed by atoms with Crippen molar-refractivity contribution < 1.29 is 8.42 Å². The Morgan fingerprint density at radius 2 is 1.84 bits per heavy atom. The van der Waals surface area contributed by atoms with Crippen LogP contribution in [0.2, 0.25) is 5.02 Å². The van der Waals surface area contributed by atoms with Crippen molar-refractivity contribution in [2.24, 2.45) is 0 Å². The highest BCUT2D eigenvalue weighted by Gasteiger charge is 2.29. The molecular weight excluding hydrogens is 458 g/mol. The molecule has 0 aliphatic carbocycles. The lowest BCUT2D eigenvalue weighted by atomic mass is 10.0. The van der Waals surface area contributed by atoms with Gasteiger partial charge in [0, 0.05) is 17.3 Å². The maximum absolute atomic E-state index is 13.5. The average molecular weight is 474 g/mol. The van der Waals surface area contributed by atoms with Crippen molar-refractivity contribution in [2.75, 3.05) is 10.8 Å². The number of halogens is 1. The Bertz CT molecular complexity index is 1550. The molecule has 0 unspecified atom stereocenters. The molecule has 1 aliphatic rings. The molecule has 1 aliphatic heterocycles. The van der Waals surface area contributed by atoms with Crippen LogP contribution in [0, 0.1) is 0 Å². The van der Waals surface area contributed by atoms with Crippen LogP contribution in [0.3, 0.4) is 0 Å². The molecule has 3 heterocycles. The van der Waals surface area contributed by atoms with Crippen LogP contribution in [-0.4, -0.2) is 24.5 Å². The first-order valence-electron chi connectivity index (χ1n) is 9.50. The number of nitrogens with zero attached hydrogens (tertiary/aromatic N) is 2. The number of anilines is 1. The average Bonchev–Trinajstić information content (AvgIpc) is 3.23. The van der Waals surface area contributed by atoms with Crippen molar-refractivity contribution in [3.63, 3.8) is 0 Å². The molecule has 158 valence electrons. The van der Waals surface area contributed by atoms with Gasteiger partial charge in [0.25, 0.3) is 15.6 Å². The fourth-order valence-electron chi connectivity index (χ4n) is 3.86. The molecule has 0 spiro atoms. The van der Waals surface area contributed by atoms with Crippen molar-refractivity contribution in [1.29, 1.82) is 0 Å². The lowest BCUT2D eigenvalue weighted by Crippen LogP contribution is -2.36. The first-order chi connectivity index (χ1) is 14.9. The van der Waals surface area contributed by atoms with Gasteiger partial charge in [-0.05, 0) is 42.7 Å². The minimum atomic E-state index is -3.93. The van der Waals surface area contributed by atoms with E-state index in [0.717, 1.165) is 16.6 Å². The van der Waals surface area contributed by atoms with E-state index in [1.165, 1.54) is 33.8 Å². The molecule has 0 saturated heterocycles. The summed E-state index contributed by atoms with van der Waals surface area (Å²) < 4.78 is 29.2. The van der Waals surface area contributed by atoms with Gasteiger partial charge in [-0.2, -0.15) is 0 Å². The predicted molar refractivity (Wildman–Crippen MR) is 122 cm³/mol. The molecule has 5 rings (SSSR count). The van der Waals surface area contributed by atoms with E-state index >= 15 is 0 Å². The normalized spacial score (nSPS) is 14.0. The summed E-state index contributed by atoms with van der Waals surface area (Å²) in [4.78, 5) is 28.1. The molecule has 7 nitrogen and oxygen atoms in total. The maximum atomic E-state index is 13.5. The SMILES string of the molecule is O=c1[nH]c2cscc2c(=O)n1-c1cc(S(=O)(=O)N2CCCc3ccccc32)ccc1Cl. The Kier molecular flexibility index (Phi) is 4.76. The Hall–Kier alpha value is -2.88. The predicted octanol–water partition coefficient (Wildman–Crippen LogP) is 3.54. The number of thiophene rings is 1. The molecule has 0 atom stereocenters. The molecule has 4 aromatic rings. The van der Waals surface area contributed by atoms with E-state index in [2.05, 4.69) is 4.98 Å². The Morgan fingerprint density at radius 3 is 2.68 bits per heavy atom. The third-order valence-electron chi connectivity index (χ3n) is 5.35. The van der Waals surface area contributed by atoms with Crippen LogP contribution in [0.4, 0.5) is 5.69 Å². The molecule has 0 amide bonds. The molecule has 0 radical (unpaired) electrons. The van der Waals surface area contributed by atoms with Crippen LogP contribution in [0.15, 0.2) is 67.7 Å². The topological polar surface area (TPSA) is 92.2 Å². The van der Waals surface area contributed by atoms with Crippen LogP contribution < -0.4 is 15.6 Å². The Balaban J connectivity index is 1.69. The monoisotopic (exact) mass is 473 g/mol. The van der Waals surface area contributed by atoms with E-state index < -0.39 is 21.3 Å². The zero-order valence-electron chi connectivity index (χ0n) is 16.0. The number of fused-ring (bicyclic) bond motifs is 2. The second-order valence-corrected chi connectivity index (χ2v) is 10.2. The number of aromatic nitrogens is 2. The van der Waals surface area contributed by atoms with Crippen LogP contribution in [0.5, 0.6) is 0 Å². The smallest absolute Gasteiger partial charge is 0.306 e. The Morgan fingerprint density at radius 1 is 1.03 bits per heavy atom. The Labute approximate surface area is 186 Å². The molecular formula is C21H16ClN3O4S2. The van der Waals surface area contributed by atoms with Gasteiger partial charge >= 0.3 is 5.69 Å². The molecule has 2 aromatic carbocycles. The fourth-order valence-corrected chi connectivity index (χ4v) is 6.38. The minimum absolute atomic E-state index is 0.0207. The maximum Gasteiger partial charge on any atom is 0.333 e. The van der Waals surface area contributed by atoms with Crippen molar-refractivity contribution in [1.82, 2.24) is 9.55 Å². The van der Waals surface area contributed by atoms with Gasteiger partial charge in [-0.3, -0.25) is 9.10 Å². The number of para-hydroxylation sites is 1. The molecule has 1 N–H and O–H groups in total. The number of aromatic amines is 1. The van der Waals surface area contributed by atoms with E-state index in [0.29, 0.717) is 29.6 Å². The van der Waals surface area contributed by atoms with Gasteiger partial charge in [-0.25, -0.2) is 17.8 Å². The first-order valence-corrected chi connectivity index (χ1v) is 12.3. The number of rotatable bonds is 3. The van der Waals surface area contributed by atoms with Crippen molar-refractivity contribution >= 4 is 49.6 Å². The van der Waals surface area contributed by atoms with E-state index in [9.17, 15) is 18.0 Å².